The molecule has 3 heterocycles. The lowest BCUT2D eigenvalue weighted by molar-refractivity contribution is 0.0990. The third-order valence-corrected chi connectivity index (χ3v) is 6.81. The molecule has 2 N–H and O–H groups in total. The Morgan fingerprint density at radius 2 is 2.04 bits per heavy atom. The summed E-state index contributed by atoms with van der Waals surface area (Å²) in [4.78, 5) is 18.0. The molecule has 1 fully saturated rings. The van der Waals surface area contributed by atoms with Gasteiger partial charge >= 0.3 is 0 Å². The zero-order valence-corrected chi connectivity index (χ0v) is 15.9. The van der Waals surface area contributed by atoms with Crippen LogP contribution in [0.15, 0.2) is 48.5 Å². The molecular weight excluding hydrogens is 382 g/mol. The van der Waals surface area contributed by atoms with E-state index in [0.717, 1.165) is 23.5 Å². The maximum Gasteiger partial charge on any atom is 0.288 e. The highest BCUT2D eigenvalue weighted by molar-refractivity contribution is 8.00. The molecule has 1 saturated heterocycles. The van der Waals surface area contributed by atoms with Gasteiger partial charge in [-0.1, -0.05) is 41.9 Å². The number of carbonyl (C=O) groups excluding carboxylic acids is 1. The van der Waals surface area contributed by atoms with Gasteiger partial charge in [-0.25, -0.2) is 9.67 Å². The third-order valence-electron chi connectivity index (χ3n) is 5.06. The van der Waals surface area contributed by atoms with E-state index in [1.165, 1.54) is 5.56 Å². The standard InChI is InChI=1S/C19H16ClN5OS/c20-13-6-7-15-14(10-13)19(12-4-2-1-3-5-12)24(8-9-27-19)11-16-22-18(17(21)26)23-25(15)16/h1-7,10H,8-9,11H2,(H2,21,26). The first-order valence-corrected chi connectivity index (χ1v) is 9.96. The highest BCUT2D eigenvalue weighted by atomic mass is 35.5. The van der Waals surface area contributed by atoms with Gasteiger partial charge in [0.1, 0.15) is 10.7 Å². The molecular formula is C19H16ClN5OS. The zero-order valence-electron chi connectivity index (χ0n) is 14.3. The van der Waals surface area contributed by atoms with Crippen LogP contribution < -0.4 is 5.73 Å². The van der Waals surface area contributed by atoms with Crippen LogP contribution in [0.4, 0.5) is 0 Å². The summed E-state index contributed by atoms with van der Waals surface area (Å²) in [6, 6.07) is 16.2. The molecule has 2 aliphatic rings. The van der Waals surface area contributed by atoms with Crippen LogP contribution >= 0.6 is 23.4 Å². The number of fused-ring (bicyclic) bond motifs is 5. The van der Waals surface area contributed by atoms with Crippen molar-refractivity contribution in [2.24, 2.45) is 5.73 Å². The number of hydrogen-bond donors (Lipinski definition) is 1. The van der Waals surface area contributed by atoms with Gasteiger partial charge in [0.2, 0.25) is 5.82 Å². The molecule has 2 aromatic carbocycles. The molecule has 0 saturated carbocycles. The quantitative estimate of drug-likeness (QED) is 0.719. The van der Waals surface area contributed by atoms with Crippen LogP contribution in [0.3, 0.4) is 0 Å². The van der Waals surface area contributed by atoms with Crippen molar-refractivity contribution in [2.45, 2.75) is 11.4 Å². The average molecular weight is 398 g/mol. The molecule has 0 bridgehead atoms. The van der Waals surface area contributed by atoms with Crippen LogP contribution in [0, 0.1) is 0 Å². The molecule has 136 valence electrons. The van der Waals surface area contributed by atoms with E-state index >= 15 is 0 Å². The van der Waals surface area contributed by atoms with E-state index in [9.17, 15) is 4.79 Å². The first-order chi connectivity index (χ1) is 13.1. The molecule has 1 atom stereocenters. The molecule has 6 nitrogen and oxygen atoms in total. The molecule has 1 amide bonds. The predicted octanol–water partition coefficient (Wildman–Crippen LogP) is 2.78. The predicted molar refractivity (Wildman–Crippen MR) is 105 cm³/mol. The van der Waals surface area contributed by atoms with Crippen molar-refractivity contribution in [3.8, 4) is 5.69 Å². The number of amides is 1. The maximum absolute atomic E-state index is 11.6. The van der Waals surface area contributed by atoms with E-state index in [4.69, 9.17) is 17.3 Å². The lowest BCUT2D eigenvalue weighted by Crippen LogP contribution is -2.39. The fourth-order valence-electron chi connectivity index (χ4n) is 3.96. The number of primary amides is 1. The van der Waals surface area contributed by atoms with Crippen molar-refractivity contribution in [1.29, 1.82) is 0 Å². The Labute approximate surface area is 165 Å². The molecule has 1 unspecified atom stereocenters. The maximum atomic E-state index is 11.6. The minimum absolute atomic E-state index is 0.0324. The van der Waals surface area contributed by atoms with Gasteiger partial charge in [-0.2, -0.15) is 0 Å². The van der Waals surface area contributed by atoms with Crippen molar-refractivity contribution in [2.75, 3.05) is 12.3 Å². The number of rotatable bonds is 2. The minimum Gasteiger partial charge on any atom is -0.363 e. The molecule has 0 radical (unpaired) electrons. The molecule has 0 spiro atoms. The molecule has 5 rings (SSSR count). The lowest BCUT2D eigenvalue weighted by atomic mass is 9.95. The van der Waals surface area contributed by atoms with Gasteiger partial charge < -0.3 is 5.73 Å². The minimum atomic E-state index is -0.629. The van der Waals surface area contributed by atoms with E-state index in [0.29, 0.717) is 17.4 Å². The summed E-state index contributed by atoms with van der Waals surface area (Å²) >= 11 is 8.29. The molecule has 27 heavy (non-hydrogen) atoms. The average Bonchev–Trinajstić information content (AvgIpc) is 3.26. The van der Waals surface area contributed by atoms with Crippen molar-refractivity contribution in [3.63, 3.8) is 0 Å². The van der Waals surface area contributed by atoms with Gasteiger partial charge in [-0.3, -0.25) is 9.69 Å². The Balaban J connectivity index is 1.83. The van der Waals surface area contributed by atoms with E-state index in [1.54, 1.807) is 4.68 Å². The van der Waals surface area contributed by atoms with E-state index in [1.807, 2.05) is 36.0 Å². The lowest BCUT2D eigenvalue weighted by Gasteiger charge is -2.37. The van der Waals surface area contributed by atoms with E-state index in [-0.39, 0.29) is 10.7 Å². The first kappa shape index (κ1) is 16.8. The Hall–Kier alpha value is -2.35. The summed E-state index contributed by atoms with van der Waals surface area (Å²) in [5.74, 6) is 1.09. The van der Waals surface area contributed by atoms with Crippen molar-refractivity contribution in [1.82, 2.24) is 19.7 Å². The largest absolute Gasteiger partial charge is 0.363 e. The van der Waals surface area contributed by atoms with E-state index in [2.05, 4.69) is 39.2 Å². The number of nitrogens with two attached hydrogens (primary N) is 1. The van der Waals surface area contributed by atoms with Crippen LogP contribution in [0.25, 0.3) is 5.69 Å². The molecule has 8 heteroatoms. The summed E-state index contributed by atoms with van der Waals surface area (Å²) in [7, 11) is 0. The van der Waals surface area contributed by atoms with Gasteiger partial charge in [-0.05, 0) is 23.8 Å². The van der Waals surface area contributed by atoms with E-state index < -0.39 is 5.91 Å². The van der Waals surface area contributed by atoms with Crippen LogP contribution in [0.2, 0.25) is 5.02 Å². The molecule has 2 aliphatic heterocycles. The Bertz CT molecular complexity index is 1050. The van der Waals surface area contributed by atoms with Gasteiger partial charge in [0.05, 0.1) is 12.2 Å². The van der Waals surface area contributed by atoms with Crippen molar-refractivity contribution < 1.29 is 4.79 Å². The van der Waals surface area contributed by atoms with Gasteiger partial charge in [0.25, 0.3) is 5.91 Å². The first-order valence-electron chi connectivity index (χ1n) is 8.60. The summed E-state index contributed by atoms with van der Waals surface area (Å²) in [5.41, 5.74) is 8.52. The summed E-state index contributed by atoms with van der Waals surface area (Å²) in [6.45, 7) is 1.46. The topological polar surface area (TPSA) is 77.0 Å². The van der Waals surface area contributed by atoms with Crippen LogP contribution in [-0.4, -0.2) is 37.9 Å². The van der Waals surface area contributed by atoms with Crippen LogP contribution in [0.1, 0.15) is 27.6 Å². The Kier molecular flexibility index (Phi) is 3.79. The Morgan fingerprint density at radius 1 is 1.22 bits per heavy atom. The van der Waals surface area contributed by atoms with Crippen molar-refractivity contribution in [3.05, 3.63) is 76.3 Å². The van der Waals surface area contributed by atoms with Crippen LogP contribution in [0.5, 0.6) is 0 Å². The van der Waals surface area contributed by atoms with Crippen LogP contribution in [-0.2, 0) is 11.4 Å². The fraction of sp³-hybridized carbons (Fsp3) is 0.211. The second-order valence-corrected chi connectivity index (χ2v) is 8.29. The normalized spacial score (nSPS) is 21.2. The summed E-state index contributed by atoms with van der Waals surface area (Å²) < 4.78 is 1.73. The SMILES string of the molecule is NC(=O)c1nc2n(n1)-c1ccc(Cl)cc1C1(c3ccccc3)SCCN1C2. The van der Waals surface area contributed by atoms with Gasteiger partial charge in [0.15, 0.2) is 0 Å². The third kappa shape index (κ3) is 2.42. The van der Waals surface area contributed by atoms with Gasteiger partial charge in [0, 0.05) is 22.9 Å². The second kappa shape index (κ2) is 6.09. The van der Waals surface area contributed by atoms with Crippen molar-refractivity contribution >= 4 is 29.3 Å². The number of nitrogens with zero attached hydrogens (tertiary/aromatic N) is 4. The summed E-state index contributed by atoms with van der Waals surface area (Å²) in [5, 5.41) is 5.05. The summed E-state index contributed by atoms with van der Waals surface area (Å²) in [6.07, 6.45) is 0. The number of halogens is 1. The van der Waals surface area contributed by atoms with Gasteiger partial charge in [-0.15, -0.1) is 16.9 Å². The fourth-order valence-corrected chi connectivity index (χ4v) is 5.69. The second-order valence-electron chi connectivity index (χ2n) is 6.57. The smallest absolute Gasteiger partial charge is 0.288 e. The molecule has 0 aliphatic carbocycles. The number of hydrogen-bond acceptors (Lipinski definition) is 5. The Morgan fingerprint density at radius 3 is 2.81 bits per heavy atom. The highest BCUT2D eigenvalue weighted by Crippen LogP contribution is 2.53. The molecule has 1 aromatic heterocycles. The number of aromatic nitrogens is 3. The number of benzene rings is 2. The number of carbonyl (C=O) groups is 1. The number of thioether (sulfide) groups is 1. The monoisotopic (exact) mass is 397 g/mol. The molecule has 3 aromatic rings. The highest BCUT2D eigenvalue weighted by Gasteiger charge is 2.49. The zero-order chi connectivity index (χ0) is 18.6.